The van der Waals surface area contributed by atoms with Gasteiger partial charge in [-0.1, -0.05) is 12.1 Å². The number of nitrogens with zero attached hydrogens (tertiary/aromatic N) is 1. The Morgan fingerprint density at radius 3 is 2.81 bits per heavy atom. The van der Waals surface area contributed by atoms with Crippen LogP contribution in [-0.4, -0.2) is 26.6 Å². The molecule has 1 rings (SSSR count). The lowest BCUT2D eigenvalue weighted by Crippen LogP contribution is -2.33. The van der Waals surface area contributed by atoms with Gasteiger partial charge in [-0.25, -0.2) is 5.84 Å². The first kappa shape index (κ1) is 12.3. The van der Waals surface area contributed by atoms with E-state index in [-0.39, 0.29) is 5.91 Å². The number of ether oxygens (including phenoxy) is 1. The van der Waals surface area contributed by atoms with Crippen LogP contribution in [0.4, 0.5) is 5.69 Å². The molecule has 5 heteroatoms. The van der Waals surface area contributed by atoms with E-state index in [0.717, 1.165) is 11.4 Å². The maximum atomic E-state index is 11.0. The SMILES string of the molecule is COc1ccccc1N(C)CCC(=O)NN. The van der Waals surface area contributed by atoms with Crippen molar-refractivity contribution in [2.75, 3.05) is 25.6 Å². The van der Waals surface area contributed by atoms with Crippen LogP contribution in [0.3, 0.4) is 0 Å². The quantitative estimate of drug-likeness (QED) is 0.433. The van der Waals surface area contributed by atoms with Gasteiger partial charge in [0.2, 0.25) is 5.91 Å². The largest absolute Gasteiger partial charge is 0.495 e. The van der Waals surface area contributed by atoms with Crippen LogP contribution in [0.1, 0.15) is 6.42 Å². The maximum absolute atomic E-state index is 11.0. The Kier molecular flexibility index (Phi) is 4.60. The molecule has 0 fully saturated rings. The first-order chi connectivity index (χ1) is 7.69. The number of anilines is 1. The predicted octanol–water partition coefficient (Wildman–Crippen LogP) is 0.511. The highest BCUT2D eigenvalue weighted by Gasteiger charge is 2.08. The number of nitrogens with one attached hydrogen (secondary N) is 1. The third kappa shape index (κ3) is 3.13. The second-order valence-corrected chi connectivity index (χ2v) is 3.41. The molecule has 16 heavy (non-hydrogen) atoms. The van der Waals surface area contributed by atoms with Gasteiger partial charge in [0.05, 0.1) is 12.8 Å². The van der Waals surface area contributed by atoms with Crippen molar-refractivity contribution < 1.29 is 9.53 Å². The molecule has 0 spiro atoms. The Morgan fingerprint density at radius 2 is 2.19 bits per heavy atom. The molecule has 0 radical (unpaired) electrons. The molecule has 1 aromatic rings. The van der Waals surface area contributed by atoms with Crippen LogP contribution in [0, 0.1) is 0 Å². The van der Waals surface area contributed by atoms with E-state index >= 15 is 0 Å². The molecule has 0 aliphatic heterocycles. The Balaban J connectivity index is 2.65. The van der Waals surface area contributed by atoms with Crippen molar-refractivity contribution in [1.82, 2.24) is 5.43 Å². The van der Waals surface area contributed by atoms with Gasteiger partial charge in [0, 0.05) is 20.0 Å². The number of methoxy groups -OCH3 is 1. The highest BCUT2D eigenvalue weighted by molar-refractivity contribution is 5.76. The van der Waals surface area contributed by atoms with Gasteiger partial charge in [0.15, 0.2) is 0 Å². The minimum absolute atomic E-state index is 0.179. The van der Waals surface area contributed by atoms with Crippen LogP contribution in [0.25, 0.3) is 0 Å². The summed E-state index contributed by atoms with van der Waals surface area (Å²) in [6, 6.07) is 7.66. The number of rotatable bonds is 5. The average molecular weight is 223 g/mol. The Hall–Kier alpha value is -1.75. The predicted molar refractivity (Wildman–Crippen MR) is 63.2 cm³/mol. The fourth-order valence-electron chi connectivity index (χ4n) is 1.41. The first-order valence-corrected chi connectivity index (χ1v) is 5.02. The van der Waals surface area contributed by atoms with Gasteiger partial charge in [-0.15, -0.1) is 0 Å². The molecule has 0 aliphatic rings. The molecule has 0 aromatic heterocycles. The first-order valence-electron chi connectivity index (χ1n) is 5.02. The number of nitrogens with two attached hydrogens (primary N) is 1. The van der Waals surface area contributed by atoms with Gasteiger partial charge < -0.3 is 9.64 Å². The molecule has 0 saturated carbocycles. The van der Waals surface area contributed by atoms with Crippen LogP contribution >= 0.6 is 0 Å². The zero-order valence-corrected chi connectivity index (χ0v) is 9.56. The number of amides is 1. The summed E-state index contributed by atoms with van der Waals surface area (Å²) in [6.07, 6.45) is 0.352. The maximum Gasteiger partial charge on any atom is 0.235 e. The number of carbonyl (C=O) groups excluding carboxylic acids is 1. The molecule has 1 amide bonds. The molecule has 88 valence electrons. The van der Waals surface area contributed by atoms with E-state index in [1.165, 1.54) is 0 Å². The summed E-state index contributed by atoms with van der Waals surface area (Å²) < 4.78 is 5.23. The molecule has 0 bridgehead atoms. The highest BCUT2D eigenvalue weighted by Crippen LogP contribution is 2.26. The van der Waals surface area contributed by atoms with Crippen LogP contribution in [0.5, 0.6) is 5.75 Å². The van der Waals surface area contributed by atoms with Crippen LogP contribution in [0.15, 0.2) is 24.3 Å². The van der Waals surface area contributed by atoms with Gasteiger partial charge >= 0.3 is 0 Å². The number of carbonyl (C=O) groups is 1. The molecule has 0 saturated heterocycles. The van der Waals surface area contributed by atoms with E-state index in [9.17, 15) is 4.79 Å². The topological polar surface area (TPSA) is 67.6 Å². The summed E-state index contributed by atoms with van der Waals surface area (Å²) in [7, 11) is 3.53. The monoisotopic (exact) mass is 223 g/mol. The third-order valence-corrected chi connectivity index (χ3v) is 2.33. The van der Waals surface area contributed by atoms with Gasteiger partial charge in [0.25, 0.3) is 0 Å². The summed E-state index contributed by atoms with van der Waals surface area (Å²) in [6.45, 7) is 0.587. The number of hydrogen-bond donors (Lipinski definition) is 2. The Bertz CT molecular complexity index is 355. The molecule has 3 N–H and O–H groups in total. The number of hydrogen-bond acceptors (Lipinski definition) is 4. The normalized spacial score (nSPS) is 9.69. The van der Waals surface area contributed by atoms with Crippen molar-refractivity contribution in [2.24, 2.45) is 5.84 Å². The van der Waals surface area contributed by atoms with Crippen molar-refractivity contribution in [3.05, 3.63) is 24.3 Å². The Morgan fingerprint density at radius 1 is 1.50 bits per heavy atom. The molecule has 0 heterocycles. The lowest BCUT2D eigenvalue weighted by Gasteiger charge is -2.21. The smallest absolute Gasteiger partial charge is 0.235 e. The van der Waals surface area contributed by atoms with E-state index < -0.39 is 0 Å². The van der Waals surface area contributed by atoms with E-state index in [4.69, 9.17) is 10.6 Å². The highest BCUT2D eigenvalue weighted by atomic mass is 16.5. The van der Waals surface area contributed by atoms with Crippen molar-refractivity contribution >= 4 is 11.6 Å². The summed E-state index contributed by atoms with van der Waals surface area (Å²) >= 11 is 0. The van der Waals surface area contributed by atoms with Gasteiger partial charge in [-0.2, -0.15) is 0 Å². The zero-order valence-electron chi connectivity index (χ0n) is 9.56. The van der Waals surface area contributed by atoms with Crippen molar-refractivity contribution in [3.63, 3.8) is 0 Å². The van der Waals surface area contributed by atoms with E-state index in [2.05, 4.69) is 5.43 Å². The van der Waals surface area contributed by atoms with E-state index in [1.54, 1.807) is 7.11 Å². The van der Waals surface area contributed by atoms with Gasteiger partial charge in [-0.05, 0) is 12.1 Å². The molecule has 0 aliphatic carbocycles. The van der Waals surface area contributed by atoms with Crippen molar-refractivity contribution in [1.29, 1.82) is 0 Å². The van der Waals surface area contributed by atoms with Crippen LogP contribution < -0.4 is 20.9 Å². The summed E-state index contributed by atoms with van der Waals surface area (Å²) in [5, 5.41) is 0. The van der Waals surface area contributed by atoms with Gasteiger partial charge in [0.1, 0.15) is 5.75 Å². The molecule has 0 atom stereocenters. The molecule has 0 unspecified atom stereocenters. The molecule has 5 nitrogen and oxygen atoms in total. The fraction of sp³-hybridized carbons (Fsp3) is 0.364. The average Bonchev–Trinajstić information content (AvgIpc) is 2.35. The number of para-hydroxylation sites is 2. The molecule has 1 aromatic carbocycles. The lowest BCUT2D eigenvalue weighted by molar-refractivity contribution is -0.120. The van der Waals surface area contributed by atoms with Crippen molar-refractivity contribution in [3.8, 4) is 5.75 Å². The van der Waals surface area contributed by atoms with Crippen LogP contribution in [-0.2, 0) is 4.79 Å². The standard InChI is InChI=1S/C11H17N3O2/c1-14(8-7-11(15)13-12)9-5-3-4-6-10(9)16-2/h3-6H,7-8,12H2,1-2H3,(H,13,15). The van der Waals surface area contributed by atoms with E-state index in [0.29, 0.717) is 13.0 Å². The van der Waals surface area contributed by atoms with Gasteiger partial charge in [-0.3, -0.25) is 10.2 Å². The van der Waals surface area contributed by atoms with E-state index in [1.807, 2.05) is 36.2 Å². The number of benzene rings is 1. The summed E-state index contributed by atoms with van der Waals surface area (Å²) in [5.41, 5.74) is 3.06. The third-order valence-electron chi connectivity index (χ3n) is 2.33. The fourth-order valence-corrected chi connectivity index (χ4v) is 1.41. The Labute approximate surface area is 95.2 Å². The second-order valence-electron chi connectivity index (χ2n) is 3.41. The lowest BCUT2D eigenvalue weighted by atomic mass is 10.2. The minimum atomic E-state index is -0.179. The molecular formula is C11H17N3O2. The van der Waals surface area contributed by atoms with Crippen LogP contribution in [0.2, 0.25) is 0 Å². The number of hydrazine groups is 1. The minimum Gasteiger partial charge on any atom is -0.495 e. The zero-order chi connectivity index (χ0) is 12.0. The summed E-state index contributed by atoms with van der Waals surface area (Å²) in [4.78, 5) is 13.0. The second kappa shape index (κ2) is 5.97. The van der Waals surface area contributed by atoms with Crippen molar-refractivity contribution in [2.45, 2.75) is 6.42 Å². The summed E-state index contributed by atoms with van der Waals surface area (Å²) in [5.74, 6) is 5.62. The molecular weight excluding hydrogens is 206 g/mol.